The molecule has 0 N–H and O–H groups in total. The SMILES string of the molecule is [CH2]C#CCC(CCCC)CCCC[CH2]. The Bertz CT molecular complexity index is 159. The highest BCUT2D eigenvalue weighted by Gasteiger charge is 2.05. The molecule has 0 aromatic carbocycles. The van der Waals surface area contributed by atoms with Gasteiger partial charge in [-0.25, -0.2) is 0 Å². The van der Waals surface area contributed by atoms with E-state index in [0.717, 1.165) is 18.8 Å². The Balaban J connectivity index is 3.64. The Morgan fingerprint density at radius 1 is 1.14 bits per heavy atom. The van der Waals surface area contributed by atoms with E-state index >= 15 is 0 Å². The van der Waals surface area contributed by atoms with Crippen LogP contribution < -0.4 is 0 Å². The molecule has 0 fully saturated rings. The van der Waals surface area contributed by atoms with E-state index in [1.807, 2.05) is 0 Å². The van der Waals surface area contributed by atoms with E-state index in [4.69, 9.17) is 0 Å². The molecule has 0 aromatic rings. The molecule has 0 saturated carbocycles. The molecule has 0 aliphatic heterocycles. The lowest BCUT2D eigenvalue weighted by Crippen LogP contribution is -1.99. The summed E-state index contributed by atoms with van der Waals surface area (Å²) in [6.45, 7) is 9.68. The van der Waals surface area contributed by atoms with Gasteiger partial charge < -0.3 is 0 Å². The summed E-state index contributed by atoms with van der Waals surface area (Å²) in [7, 11) is 0. The number of hydrogen-bond acceptors (Lipinski definition) is 0. The molecule has 0 aliphatic rings. The van der Waals surface area contributed by atoms with E-state index in [9.17, 15) is 0 Å². The summed E-state index contributed by atoms with van der Waals surface area (Å²) >= 11 is 0. The van der Waals surface area contributed by atoms with Crippen LogP contribution in [-0.2, 0) is 0 Å². The van der Waals surface area contributed by atoms with Crippen LogP contribution in [0, 0.1) is 31.6 Å². The van der Waals surface area contributed by atoms with Gasteiger partial charge in [-0.3, -0.25) is 0 Å². The highest BCUT2D eigenvalue weighted by atomic mass is 14.1. The second-order valence-electron chi connectivity index (χ2n) is 3.92. The Labute approximate surface area is 90.5 Å². The van der Waals surface area contributed by atoms with Gasteiger partial charge in [-0.05, 0) is 18.8 Å². The van der Waals surface area contributed by atoms with Crippen LogP contribution in [-0.4, -0.2) is 0 Å². The number of hydrogen-bond donors (Lipinski definition) is 0. The van der Waals surface area contributed by atoms with Crippen molar-refractivity contribution in [2.24, 2.45) is 5.92 Å². The first-order chi connectivity index (χ1) is 6.85. The zero-order valence-electron chi connectivity index (χ0n) is 9.65. The van der Waals surface area contributed by atoms with Gasteiger partial charge in [0.15, 0.2) is 0 Å². The van der Waals surface area contributed by atoms with Gasteiger partial charge in [0.25, 0.3) is 0 Å². The highest BCUT2D eigenvalue weighted by Crippen LogP contribution is 2.19. The van der Waals surface area contributed by atoms with Crippen molar-refractivity contribution in [3.63, 3.8) is 0 Å². The lowest BCUT2D eigenvalue weighted by molar-refractivity contribution is 0.425. The van der Waals surface area contributed by atoms with E-state index < -0.39 is 0 Å². The molecule has 1 atom stereocenters. The Morgan fingerprint density at radius 3 is 2.43 bits per heavy atom. The van der Waals surface area contributed by atoms with E-state index in [-0.39, 0.29) is 0 Å². The third kappa shape index (κ3) is 8.17. The molecular formula is C14H24. The second-order valence-corrected chi connectivity index (χ2v) is 3.92. The van der Waals surface area contributed by atoms with Crippen LogP contribution in [0.4, 0.5) is 0 Å². The van der Waals surface area contributed by atoms with Crippen LogP contribution in [0.5, 0.6) is 0 Å². The summed E-state index contributed by atoms with van der Waals surface area (Å²) in [5, 5.41) is 0. The molecule has 1 unspecified atom stereocenters. The molecule has 0 amide bonds. The smallest absolute Gasteiger partial charge is 0.0198 e. The molecule has 14 heavy (non-hydrogen) atoms. The third-order valence-corrected chi connectivity index (χ3v) is 2.59. The summed E-state index contributed by atoms with van der Waals surface area (Å²) in [6.07, 6.45) is 9.99. The van der Waals surface area contributed by atoms with Crippen LogP contribution in [0.15, 0.2) is 0 Å². The lowest BCUT2D eigenvalue weighted by atomic mass is 9.93. The van der Waals surface area contributed by atoms with Crippen LogP contribution in [0.2, 0.25) is 0 Å². The van der Waals surface area contributed by atoms with Crippen molar-refractivity contribution in [2.45, 2.75) is 58.3 Å². The van der Waals surface area contributed by atoms with Crippen LogP contribution in [0.3, 0.4) is 0 Å². The number of rotatable bonds is 8. The van der Waals surface area contributed by atoms with E-state index in [1.54, 1.807) is 0 Å². The van der Waals surface area contributed by atoms with Gasteiger partial charge in [0.05, 0.1) is 0 Å². The Hall–Kier alpha value is -0.440. The molecule has 0 heteroatoms. The number of unbranched alkanes of at least 4 members (excludes halogenated alkanes) is 3. The third-order valence-electron chi connectivity index (χ3n) is 2.59. The van der Waals surface area contributed by atoms with Gasteiger partial charge in [-0.15, -0.1) is 11.8 Å². The molecule has 80 valence electrons. The molecule has 0 rings (SSSR count). The average molecular weight is 192 g/mol. The van der Waals surface area contributed by atoms with E-state index in [1.165, 1.54) is 38.5 Å². The molecule has 0 aliphatic carbocycles. The fourth-order valence-corrected chi connectivity index (χ4v) is 1.67. The van der Waals surface area contributed by atoms with Gasteiger partial charge >= 0.3 is 0 Å². The summed E-state index contributed by atoms with van der Waals surface area (Å²) in [5.74, 6) is 6.66. The van der Waals surface area contributed by atoms with Crippen molar-refractivity contribution in [3.05, 3.63) is 13.8 Å². The van der Waals surface area contributed by atoms with E-state index in [2.05, 4.69) is 32.6 Å². The largest absolute Gasteiger partial charge is 0.103 e. The van der Waals surface area contributed by atoms with Gasteiger partial charge in [-0.1, -0.05) is 46.0 Å². The quantitative estimate of drug-likeness (QED) is 0.394. The first-order valence-electron chi connectivity index (χ1n) is 5.89. The summed E-state index contributed by atoms with van der Waals surface area (Å²) < 4.78 is 0. The fraction of sp³-hybridized carbons (Fsp3) is 0.714. The second kappa shape index (κ2) is 10.6. The summed E-state index contributed by atoms with van der Waals surface area (Å²) in [6, 6.07) is 0. The molecule has 0 heterocycles. The van der Waals surface area contributed by atoms with Crippen LogP contribution in [0.25, 0.3) is 0 Å². The van der Waals surface area contributed by atoms with Gasteiger partial charge in [-0.2, -0.15) is 0 Å². The topological polar surface area (TPSA) is 0 Å². The molecule has 0 nitrogen and oxygen atoms in total. The van der Waals surface area contributed by atoms with Crippen molar-refractivity contribution in [1.29, 1.82) is 0 Å². The van der Waals surface area contributed by atoms with Crippen molar-refractivity contribution >= 4 is 0 Å². The molecule has 2 radical (unpaired) electrons. The predicted octanol–water partition coefficient (Wildman–Crippen LogP) is 4.41. The molecular weight excluding hydrogens is 168 g/mol. The van der Waals surface area contributed by atoms with Gasteiger partial charge in [0.1, 0.15) is 0 Å². The lowest BCUT2D eigenvalue weighted by Gasteiger charge is -2.12. The maximum atomic E-state index is 3.87. The minimum atomic E-state index is 0.802. The van der Waals surface area contributed by atoms with Crippen LogP contribution >= 0.6 is 0 Å². The molecule has 0 bridgehead atoms. The Kier molecular flexibility index (Phi) is 10.3. The van der Waals surface area contributed by atoms with Crippen molar-refractivity contribution < 1.29 is 0 Å². The van der Waals surface area contributed by atoms with Gasteiger partial charge in [0, 0.05) is 13.3 Å². The standard InChI is InChI=1S/C14H24/c1-4-7-10-13-14(11-8-5-2)12-9-6-3/h14H,1-2,4,6-7,9-13H2,3H3. The normalized spacial score (nSPS) is 11.9. The maximum absolute atomic E-state index is 3.87. The molecule has 0 saturated heterocycles. The summed E-state index contributed by atoms with van der Waals surface area (Å²) in [5.41, 5.74) is 0. The molecule has 0 aromatic heterocycles. The first-order valence-corrected chi connectivity index (χ1v) is 5.89. The summed E-state index contributed by atoms with van der Waals surface area (Å²) in [4.78, 5) is 0. The zero-order chi connectivity index (χ0) is 10.6. The maximum Gasteiger partial charge on any atom is 0.0198 e. The monoisotopic (exact) mass is 192 g/mol. The predicted molar refractivity (Wildman–Crippen MR) is 64.6 cm³/mol. The first kappa shape index (κ1) is 13.6. The van der Waals surface area contributed by atoms with E-state index in [0.29, 0.717) is 0 Å². The molecule has 0 spiro atoms. The van der Waals surface area contributed by atoms with Crippen molar-refractivity contribution in [2.75, 3.05) is 0 Å². The van der Waals surface area contributed by atoms with Crippen molar-refractivity contribution in [3.8, 4) is 11.8 Å². The minimum Gasteiger partial charge on any atom is -0.103 e. The minimum absolute atomic E-state index is 0.802. The highest BCUT2D eigenvalue weighted by molar-refractivity contribution is 5.02. The van der Waals surface area contributed by atoms with Crippen molar-refractivity contribution in [1.82, 2.24) is 0 Å². The zero-order valence-corrected chi connectivity index (χ0v) is 9.65. The van der Waals surface area contributed by atoms with Gasteiger partial charge in [0.2, 0.25) is 0 Å². The Morgan fingerprint density at radius 2 is 1.86 bits per heavy atom. The fourth-order valence-electron chi connectivity index (χ4n) is 1.67. The van der Waals surface area contributed by atoms with Crippen LogP contribution in [0.1, 0.15) is 58.3 Å². The average Bonchev–Trinajstić information content (AvgIpc) is 2.21.